The van der Waals surface area contributed by atoms with Crippen molar-refractivity contribution in [1.82, 2.24) is 9.88 Å². The number of carbonyl (C=O) groups excluding carboxylic acids is 1. The zero-order valence-electron chi connectivity index (χ0n) is 13.9. The number of H-pyrrole nitrogens is 1. The van der Waals surface area contributed by atoms with E-state index in [9.17, 15) is 9.59 Å². The molecular weight excluding hydrogens is 304 g/mol. The van der Waals surface area contributed by atoms with Gasteiger partial charge in [0.2, 0.25) is 5.91 Å². The highest BCUT2D eigenvalue weighted by atomic mass is 16.5. The van der Waals surface area contributed by atoms with Crippen LogP contribution in [0, 0.1) is 5.92 Å². The number of benzene rings is 1. The summed E-state index contributed by atoms with van der Waals surface area (Å²) in [5, 5.41) is 1.73. The maximum Gasteiger partial charge on any atom is 0.256 e. The molecule has 2 aliphatic heterocycles. The predicted octanol–water partition coefficient (Wildman–Crippen LogP) is 2.23. The van der Waals surface area contributed by atoms with E-state index < -0.39 is 0 Å². The van der Waals surface area contributed by atoms with Gasteiger partial charge in [-0.05, 0) is 30.2 Å². The number of ether oxygens (including phenoxy) is 1. The molecule has 4 rings (SSSR count). The predicted molar refractivity (Wildman–Crippen MR) is 91.8 cm³/mol. The monoisotopic (exact) mass is 326 g/mol. The van der Waals surface area contributed by atoms with E-state index in [4.69, 9.17) is 4.74 Å². The summed E-state index contributed by atoms with van der Waals surface area (Å²) >= 11 is 0. The minimum absolute atomic E-state index is 0.0172. The van der Waals surface area contributed by atoms with Crippen molar-refractivity contribution in [3.05, 3.63) is 45.9 Å². The fourth-order valence-corrected chi connectivity index (χ4v) is 4.07. The minimum Gasteiger partial charge on any atom is -0.373 e. The number of nitrogens with zero attached hydrogens (tertiary/aromatic N) is 1. The number of carbonyl (C=O) groups is 1. The molecule has 1 unspecified atom stereocenters. The average Bonchev–Trinajstić information content (AvgIpc) is 2.61. The molecule has 1 saturated heterocycles. The molecule has 2 aliphatic rings. The summed E-state index contributed by atoms with van der Waals surface area (Å²) in [5.74, 6) is 0.600. The van der Waals surface area contributed by atoms with E-state index in [0.29, 0.717) is 12.5 Å². The zero-order chi connectivity index (χ0) is 16.7. The van der Waals surface area contributed by atoms with Crippen molar-refractivity contribution in [3.63, 3.8) is 0 Å². The van der Waals surface area contributed by atoms with Crippen LogP contribution in [0.25, 0.3) is 10.8 Å². The van der Waals surface area contributed by atoms with E-state index >= 15 is 0 Å². The third kappa shape index (κ3) is 2.63. The first-order valence-electron chi connectivity index (χ1n) is 8.63. The summed E-state index contributed by atoms with van der Waals surface area (Å²) < 4.78 is 6.16. The molecule has 126 valence electrons. The lowest BCUT2D eigenvalue weighted by Gasteiger charge is -2.37. The van der Waals surface area contributed by atoms with E-state index in [1.807, 2.05) is 29.2 Å². The van der Waals surface area contributed by atoms with Crippen molar-refractivity contribution in [1.29, 1.82) is 0 Å². The van der Waals surface area contributed by atoms with E-state index in [1.165, 1.54) is 0 Å². The lowest BCUT2D eigenvalue weighted by atomic mass is 9.86. The average molecular weight is 326 g/mol. The maximum absolute atomic E-state index is 12.3. The van der Waals surface area contributed by atoms with E-state index in [1.54, 1.807) is 6.92 Å². The first kappa shape index (κ1) is 15.4. The Hall–Kier alpha value is -2.14. The lowest BCUT2D eigenvalue weighted by Crippen LogP contribution is -2.42. The highest BCUT2D eigenvalue weighted by Gasteiger charge is 2.32. The molecule has 24 heavy (non-hydrogen) atoms. The smallest absolute Gasteiger partial charge is 0.256 e. The van der Waals surface area contributed by atoms with Crippen LogP contribution in [0.3, 0.4) is 0 Å². The third-order valence-corrected chi connectivity index (χ3v) is 5.48. The lowest BCUT2D eigenvalue weighted by molar-refractivity contribution is -0.131. The molecule has 1 fully saturated rings. The van der Waals surface area contributed by atoms with Crippen molar-refractivity contribution in [2.24, 2.45) is 5.92 Å². The fraction of sp³-hybridized carbons (Fsp3) is 0.474. The molecule has 0 spiro atoms. The molecule has 3 heterocycles. The Balaban J connectivity index is 1.57. The highest BCUT2D eigenvalue weighted by Crippen LogP contribution is 2.31. The normalized spacial score (nSPS) is 21.7. The second-order valence-electron chi connectivity index (χ2n) is 6.85. The molecule has 0 radical (unpaired) electrons. The maximum atomic E-state index is 12.3. The van der Waals surface area contributed by atoms with Gasteiger partial charge in [-0.2, -0.15) is 0 Å². The molecule has 5 nitrogen and oxygen atoms in total. The Labute approximate surface area is 140 Å². The summed E-state index contributed by atoms with van der Waals surface area (Å²) in [6, 6.07) is 7.71. The molecule has 1 aromatic carbocycles. The van der Waals surface area contributed by atoms with Crippen LogP contribution >= 0.6 is 0 Å². The van der Waals surface area contributed by atoms with Gasteiger partial charge in [-0.3, -0.25) is 9.59 Å². The van der Waals surface area contributed by atoms with Crippen molar-refractivity contribution < 1.29 is 9.53 Å². The fourth-order valence-electron chi connectivity index (χ4n) is 4.07. The Kier molecular flexibility index (Phi) is 3.88. The number of aromatic amines is 1. The van der Waals surface area contributed by atoms with Gasteiger partial charge < -0.3 is 14.6 Å². The Bertz CT molecular complexity index is 834. The molecular formula is C19H22N2O3. The summed E-state index contributed by atoms with van der Waals surface area (Å²) in [4.78, 5) is 28.7. The molecule has 1 N–H and O–H groups in total. The van der Waals surface area contributed by atoms with Gasteiger partial charge in [-0.15, -0.1) is 0 Å². The molecule has 0 bridgehead atoms. The van der Waals surface area contributed by atoms with Crippen molar-refractivity contribution in [3.8, 4) is 0 Å². The second-order valence-corrected chi connectivity index (χ2v) is 6.85. The number of hydrogen-bond acceptors (Lipinski definition) is 3. The molecule has 2 aromatic rings. The van der Waals surface area contributed by atoms with E-state index in [-0.39, 0.29) is 17.6 Å². The van der Waals surface area contributed by atoms with Crippen molar-refractivity contribution in [2.45, 2.75) is 38.9 Å². The van der Waals surface area contributed by atoms with Gasteiger partial charge in [0.1, 0.15) is 0 Å². The van der Waals surface area contributed by atoms with Crippen LogP contribution in [0.2, 0.25) is 0 Å². The largest absolute Gasteiger partial charge is 0.373 e. The number of piperidine rings is 1. The Morgan fingerprint density at radius 1 is 1.21 bits per heavy atom. The quantitative estimate of drug-likeness (QED) is 0.874. The summed E-state index contributed by atoms with van der Waals surface area (Å²) in [6.07, 6.45) is 2.82. The van der Waals surface area contributed by atoms with Gasteiger partial charge in [0.25, 0.3) is 5.56 Å². The highest BCUT2D eigenvalue weighted by molar-refractivity contribution is 5.85. The van der Waals surface area contributed by atoms with Crippen LogP contribution in [-0.4, -0.2) is 35.0 Å². The number of pyridine rings is 1. The molecule has 0 aliphatic carbocycles. The Morgan fingerprint density at radius 3 is 2.62 bits per heavy atom. The molecule has 1 amide bonds. The summed E-state index contributed by atoms with van der Waals surface area (Å²) in [7, 11) is 0. The molecule has 1 aromatic heterocycles. The first-order chi connectivity index (χ1) is 11.6. The zero-order valence-corrected chi connectivity index (χ0v) is 13.9. The van der Waals surface area contributed by atoms with Crippen LogP contribution in [-0.2, 0) is 22.6 Å². The Morgan fingerprint density at radius 2 is 1.92 bits per heavy atom. The van der Waals surface area contributed by atoms with Crippen LogP contribution in [0.1, 0.15) is 31.0 Å². The third-order valence-electron chi connectivity index (χ3n) is 5.48. The van der Waals surface area contributed by atoms with Gasteiger partial charge in [0.15, 0.2) is 0 Å². The number of likely N-dealkylation sites (tertiary alicyclic amines) is 1. The van der Waals surface area contributed by atoms with Gasteiger partial charge in [0, 0.05) is 43.1 Å². The number of amides is 1. The van der Waals surface area contributed by atoms with Gasteiger partial charge in [-0.1, -0.05) is 18.2 Å². The number of aromatic nitrogens is 1. The first-order valence-corrected chi connectivity index (χ1v) is 8.63. The second kappa shape index (κ2) is 6.06. The van der Waals surface area contributed by atoms with Gasteiger partial charge >= 0.3 is 0 Å². The van der Waals surface area contributed by atoms with Gasteiger partial charge in [-0.25, -0.2) is 0 Å². The number of nitrogens with one attached hydrogen (secondary N) is 1. The van der Waals surface area contributed by atoms with Crippen molar-refractivity contribution in [2.75, 3.05) is 13.1 Å². The molecule has 1 atom stereocenters. The summed E-state index contributed by atoms with van der Waals surface area (Å²) in [5.41, 5.74) is 2.11. The SMILES string of the molecule is CC(=O)N1CCC(C2Cc3[nH]c(=O)c4ccccc4c3CO2)CC1. The van der Waals surface area contributed by atoms with Crippen LogP contribution < -0.4 is 5.56 Å². The molecule has 0 saturated carbocycles. The van der Waals surface area contributed by atoms with Crippen molar-refractivity contribution >= 4 is 16.7 Å². The summed E-state index contributed by atoms with van der Waals surface area (Å²) in [6.45, 7) is 3.79. The molecule has 5 heteroatoms. The number of rotatable bonds is 1. The van der Waals surface area contributed by atoms with Gasteiger partial charge in [0.05, 0.1) is 12.7 Å². The van der Waals surface area contributed by atoms with E-state index in [0.717, 1.165) is 54.4 Å². The number of hydrogen-bond donors (Lipinski definition) is 1. The minimum atomic E-state index is -0.0172. The van der Waals surface area contributed by atoms with E-state index in [2.05, 4.69) is 4.98 Å². The van der Waals surface area contributed by atoms with Crippen LogP contribution in [0.15, 0.2) is 29.1 Å². The number of fused-ring (bicyclic) bond motifs is 3. The standard InChI is InChI=1S/C19H22N2O3/c1-12(22)21-8-6-13(7-9-21)18-10-17-16(11-24-18)14-4-2-3-5-15(14)19(23)20-17/h2-5,13,18H,6-11H2,1H3,(H,20,23). The topological polar surface area (TPSA) is 62.4 Å². The van der Waals surface area contributed by atoms with Crippen LogP contribution in [0.4, 0.5) is 0 Å². The van der Waals surface area contributed by atoms with Crippen LogP contribution in [0.5, 0.6) is 0 Å².